The van der Waals surface area contributed by atoms with Crippen LogP contribution in [0.4, 0.5) is 5.69 Å². The normalized spacial score (nSPS) is 14.6. The highest BCUT2D eigenvalue weighted by Gasteiger charge is 2.39. The van der Waals surface area contributed by atoms with Gasteiger partial charge in [0.15, 0.2) is 5.78 Å². The van der Waals surface area contributed by atoms with E-state index in [9.17, 15) is 4.79 Å². The molecule has 1 aliphatic carbocycles. The van der Waals surface area contributed by atoms with Crippen molar-refractivity contribution in [2.24, 2.45) is 0 Å². The predicted octanol–water partition coefficient (Wildman–Crippen LogP) is 4.07. The molecule has 0 fully saturated rings. The van der Waals surface area contributed by atoms with E-state index >= 15 is 0 Å². The van der Waals surface area contributed by atoms with Crippen molar-refractivity contribution in [3.05, 3.63) is 58.8 Å². The average Bonchev–Trinajstić information content (AvgIpc) is 3.09. The number of benzene rings is 2. The highest BCUT2D eigenvalue weighted by Crippen LogP contribution is 2.44. The topological polar surface area (TPSA) is 66.2 Å². The molecule has 0 saturated heterocycles. The van der Waals surface area contributed by atoms with Crippen molar-refractivity contribution < 1.29 is 9.53 Å². The lowest BCUT2D eigenvalue weighted by molar-refractivity contribution is 0.103. The summed E-state index contributed by atoms with van der Waals surface area (Å²) in [5, 5.41) is 7.39. The van der Waals surface area contributed by atoms with Crippen LogP contribution in [0.15, 0.2) is 36.4 Å². The maximum atomic E-state index is 13.3. The van der Waals surface area contributed by atoms with Crippen molar-refractivity contribution >= 4 is 22.4 Å². The molecular formula is C23H27N3O2. The van der Waals surface area contributed by atoms with Gasteiger partial charge in [0.25, 0.3) is 0 Å². The summed E-state index contributed by atoms with van der Waals surface area (Å²) in [6.07, 6.45) is 0. The van der Waals surface area contributed by atoms with Crippen LogP contribution in [0, 0.1) is 0 Å². The maximum Gasteiger partial charge on any atom is 0.195 e. The molecule has 28 heavy (non-hydrogen) atoms. The smallest absolute Gasteiger partial charge is 0.195 e. The first kappa shape index (κ1) is 18.6. The van der Waals surface area contributed by atoms with E-state index in [-0.39, 0.29) is 11.2 Å². The zero-order valence-corrected chi connectivity index (χ0v) is 16.9. The zero-order chi connectivity index (χ0) is 19.9. The van der Waals surface area contributed by atoms with Gasteiger partial charge in [0.1, 0.15) is 12.4 Å². The fraction of sp³-hybridized carbons (Fsp3) is 0.348. The number of ether oxygens (including phenoxy) is 1. The average molecular weight is 377 g/mol. The Balaban J connectivity index is 1.77. The second-order valence-electron chi connectivity index (χ2n) is 7.75. The van der Waals surface area contributed by atoms with Crippen molar-refractivity contribution in [2.45, 2.75) is 26.2 Å². The minimum Gasteiger partial charge on any atom is -0.492 e. The highest BCUT2D eigenvalue weighted by molar-refractivity contribution is 6.20. The number of fused-ring (bicyclic) bond motifs is 4. The molecule has 0 aliphatic heterocycles. The molecule has 1 aromatic heterocycles. The summed E-state index contributed by atoms with van der Waals surface area (Å²) in [6, 6.07) is 11.9. The number of aromatic nitrogens is 1. The second kappa shape index (κ2) is 6.99. The first-order valence-corrected chi connectivity index (χ1v) is 9.84. The first-order chi connectivity index (χ1) is 13.5. The Hall–Kier alpha value is -2.79. The molecule has 146 valence electrons. The van der Waals surface area contributed by atoms with Gasteiger partial charge in [0.05, 0.1) is 5.56 Å². The molecule has 1 heterocycles. The Morgan fingerprint density at radius 1 is 1.14 bits per heavy atom. The number of likely N-dealkylation sites (N-methyl/N-ethyl adjacent to an activating group) is 1. The molecule has 3 aromatic rings. The number of hydrogen-bond donors (Lipinski definition) is 3. The number of H-pyrrole nitrogens is 1. The van der Waals surface area contributed by atoms with Gasteiger partial charge in [-0.05, 0) is 42.4 Å². The summed E-state index contributed by atoms with van der Waals surface area (Å²) in [5.74, 6) is 0.876. The number of ketones is 1. The van der Waals surface area contributed by atoms with E-state index in [2.05, 4.69) is 42.5 Å². The molecule has 0 radical (unpaired) electrons. The van der Waals surface area contributed by atoms with Crippen LogP contribution >= 0.6 is 0 Å². The zero-order valence-electron chi connectivity index (χ0n) is 16.9. The van der Waals surface area contributed by atoms with E-state index in [0.29, 0.717) is 6.61 Å². The molecule has 5 heteroatoms. The number of rotatable bonds is 6. The summed E-state index contributed by atoms with van der Waals surface area (Å²) in [4.78, 5) is 16.9. The van der Waals surface area contributed by atoms with Crippen molar-refractivity contribution in [3.63, 3.8) is 0 Å². The van der Waals surface area contributed by atoms with E-state index in [1.807, 2.05) is 37.4 Å². The summed E-state index contributed by atoms with van der Waals surface area (Å²) < 4.78 is 5.89. The molecule has 0 atom stereocenters. The van der Waals surface area contributed by atoms with Crippen molar-refractivity contribution in [3.8, 4) is 5.75 Å². The Labute approximate surface area is 165 Å². The molecule has 5 nitrogen and oxygen atoms in total. The number of carbonyl (C=O) groups excluding carboxylic acids is 1. The van der Waals surface area contributed by atoms with Crippen LogP contribution in [0.1, 0.15) is 48.0 Å². The molecule has 0 spiro atoms. The lowest BCUT2D eigenvalue weighted by Gasteiger charge is -2.32. The number of anilines is 1. The third kappa shape index (κ3) is 2.87. The quantitative estimate of drug-likeness (QED) is 0.567. The molecule has 2 aromatic carbocycles. The van der Waals surface area contributed by atoms with Gasteiger partial charge in [0.2, 0.25) is 0 Å². The van der Waals surface area contributed by atoms with Crippen molar-refractivity contribution in [1.82, 2.24) is 10.3 Å². The molecular weight excluding hydrogens is 350 g/mol. The fourth-order valence-corrected chi connectivity index (χ4v) is 4.07. The van der Waals surface area contributed by atoms with E-state index in [0.717, 1.165) is 57.8 Å². The Kier molecular flexibility index (Phi) is 4.63. The molecule has 0 unspecified atom stereocenters. The lowest BCUT2D eigenvalue weighted by Crippen LogP contribution is -2.30. The SMILES string of the molecule is CCNCCOc1ccc2c(c1)C(C)(C)c1[nH]c3cc(NC)ccc3c1C2=O. The third-order valence-corrected chi connectivity index (χ3v) is 5.65. The van der Waals surface area contributed by atoms with E-state index in [4.69, 9.17) is 4.74 Å². The number of aromatic amines is 1. The van der Waals surface area contributed by atoms with Gasteiger partial charge in [-0.1, -0.05) is 26.8 Å². The van der Waals surface area contributed by atoms with Crippen molar-refractivity contribution in [2.75, 3.05) is 32.1 Å². The van der Waals surface area contributed by atoms with Gasteiger partial charge >= 0.3 is 0 Å². The molecule has 0 bridgehead atoms. The van der Waals surface area contributed by atoms with Gasteiger partial charge in [-0.2, -0.15) is 0 Å². The van der Waals surface area contributed by atoms with Crippen molar-refractivity contribution in [1.29, 1.82) is 0 Å². The fourth-order valence-electron chi connectivity index (χ4n) is 4.07. The van der Waals surface area contributed by atoms with Crippen LogP contribution in [-0.4, -0.2) is 37.5 Å². The minimum absolute atomic E-state index is 0.0759. The summed E-state index contributed by atoms with van der Waals surface area (Å²) >= 11 is 0. The van der Waals surface area contributed by atoms with Gasteiger partial charge < -0.3 is 20.4 Å². The van der Waals surface area contributed by atoms with Gasteiger partial charge in [-0.15, -0.1) is 0 Å². The summed E-state index contributed by atoms with van der Waals surface area (Å²) in [6.45, 7) is 8.72. The number of carbonyl (C=O) groups is 1. The van der Waals surface area contributed by atoms with Crippen LogP contribution in [0.25, 0.3) is 10.9 Å². The van der Waals surface area contributed by atoms with Crippen LogP contribution in [-0.2, 0) is 5.41 Å². The summed E-state index contributed by atoms with van der Waals surface area (Å²) in [5.41, 5.74) is 5.20. The van der Waals surface area contributed by atoms with Crippen LogP contribution in [0.2, 0.25) is 0 Å². The predicted molar refractivity (Wildman–Crippen MR) is 114 cm³/mol. The second-order valence-corrected chi connectivity index (χ2v) is 7.75. The monoisotopic (exact) mass is 377 g/mol. The van der Waals surface area contributed by atoms with E-state index < -0.39 is 0 Å². The van der Waals surface area contributed by atoms with Gasteiger partial charge in [-0.3, -0.25) is 4.79 Å². The standard InChI is InChI=1S/C23H27N3O2/c1-5-25-10-11-28-15-7-9-16-18(13-15)23(2,3)22-20(21(16)27)17-8-6-14(24-4)12-19(17)26-22/h6-9,12-13,24-26H,5,10-11H2,1-4H3. The largest absolute Gasteiger partial charge is 0.492 e. The van der Waals surface area contributed by atoms with Crippen LogP contribution in [0.3, 0.4) is 0 Å². The number of nitrogens with one attached hydrogen (secondary N) is 3. The van der Waals surface area contributed by atoms with E-state index in [1.54, 1.807) is 0 Å². The highest BCUT2D eigenvalue weighted by atomic mass is 16.5. The molecule has 4 rings (SSSR count). The lowest BCUT2D eigenvalue weighted by atomic mass is 9.71. The first-order valence-electron chi connectivity index (χ1n) is 9.84. The van der Waals surface area contributed by atoms with Gasteiger partial charge in [0, 0.05) is 46.9 Å². The maximum absolute atomic E-state index is 13.3. The Morgan fingerprint density at radius 2 is 1.96 bits per heavy atom. The van der Waals surface area contributed by atoms with Gasteiger partial charge in [-0.25, -0.2) is 0 Å². The Morgan fingerprint density at radius 3 is 2.71 bits per heavy atom. The molecule has 0 saturated carbocycles. The summed E-state index contributed by atoms with van der Waals surface area (Å²) in [7, 11) is 1.90. The Bertz CT molecular complexity index is 1050. The van der Waals surface area contributed by atoms with Crippen LogP contribution < -0.4 is 15.4 Å². The van der Waals surface area contributed by atoms with Crippen LogP contribution in [0.5, 0.6) is 5.75 Å². The third-order valence-electron chi connectivity index (χ3n) is 5.65. The molecule has 1 aliphatic rings. The molecule has 0 amide bonds. The van der Waals surface area contributed by atoms with E-state index in [1.165, 1.54) is 0 Å². The number of hydrogen-bond acceptors (Lipinski definition) is 4. The molecule has 3 N–H and O–H groups in total. The minimum atomic E-state index is -0.321.